The first-order valence-electron chi connectivity index (χ1n) is 10.3. The van der Waals surface area contributed by atoms with Crippen LogP contribution in [0, 0.1) is 0 Å². The van der Waals surface area contributed by atoms with E-state index in [1.807, 2.05) is 58.0 Å². The van der Waals surface area contributed by atoms with Gasteiger partial charge in [0, 0.05) is 38.7 Å². The maximum atomic E-state index is 13.1. The van der Waals surface area contributed by atoms with Crippen LogP contribution in [0.2, 0.25) is 0 Å². The molecule has 0 bridgehead atoms. The van der Waals surface area contributed by atoms with Crippen LogP contribution in [-0.4, -0.2) is 51.7 Å². The molecule has 1 aromatic heterocycles. The first kappa shape index (κ1) is 20.7. The van der Waals surface area contributed by atoms with Crippen LogP contribution in [-0.2, 0) is 29.0 Å². The minimum absolute atomic E-state index is 0.0636. The zero-order valence-corrected chi connectivity index (χ0v) is 17.4. The van der Waals surface area contributed by atoms with Crippen molar-refractivity contribution in [2.75, 3.05) is 20.2 Å². The lowest BCUT2D eigenvalue weighted by Crippen LogP contribution is -2.38. The van der Waals surface area contributed by atoms with Gasteiger partial charge in [-0.2, -0.15) is 0 Å². The van der Waals surface area contributed by atoms with E-state index in [1.165, 1.54) is 0 Å². The molecular weight excluding hydrogens is 394 g/mol. The maximum Gasteiger partial charge on any atom is 0.256 e. The minimum Gasteiger partial charge on any atom is -0.367 e. The Bertz CT molecular complexity index is 1040. The lowest BCUT2D eigenvalue weighted by atomic mass is 10.1. The molecule has 0 saturated carbocycles. The number of hydrogen-bond donors (Lipinski definition) is 1. The number of hydrogen-bond acceptors (Lipinski definition) is 5. The molecule has 0 aliphatic carbocycles. The number of aromatic nitrogens is 3. The fourth-order valence-electron chi connectivity index (χ4n) is 3.76. The number of benzene rings is 2. The van der Waals surface area contributed by atoms with Gasteiger partial charge in [-0.1, -0.05) is 48.5 Å². The van der Waals surface area contributed by atoms with Crippen LogP contribution in [0.25, 0.3) is 0 Å². The van der Waals surface area contributed by atoms with Gasteiger partial charge >= 0.3 is 0 Å². The molecule has 8 nitrogen and oxygen atoms in total. The largest absolute Gasteiger partial charge is 0.367 e. The summed E-state index contributed by atoms with van der Waals surface area (Å²) in [7, 11) is 1.55. The predicted octanol–water partition coefficient (Wildman–Crippen LogP) is 1.98. The monoisotopic (exact) mass is 419 g/mol. The topological polar surface area (TPSA) is 89.3 Å². The summed E-state index contributed by atoms with van der Waals surface area (Å²) in [6, 6.07) is 18.6. The molecule has 1 atom stereocenters. The molecule has 8 heteroatoms. The van der Waals surface area contributed by atoms with Crippen molar-refractivity contribution in [1.29, 1.82) is 0 Å². The summed E-state index contributed by atoms with van der Waals surface area (Å²) in [5, 5.41) is 11.4. The van der Waals surface area contributed by atoms with Crippen molar-refractivity contribution in [3.8, 4) is 0 Å². The standard InChI is InChI=1S/C23H25N5O3/c1-31-21(17-8-4-2-5-9-17)23(30)27-13-12-19-25-26-20(28(19)15-14-27)16-24-22(29)18-10-6-3-7-11-18/h2-11,21H,12-16H2,1H3,(H,24,29)/t21-/m0/s1. The Labute approximate surface area is 180 Å². The second-order valence-corrected chi connectivity index (χ2v) is 7.33. The molecule has 2 aromatic carbocycles. The van der Waals surface area contributed by atoms with Crippen molar-refractivity contribution in [3.05, 3.63) is 83.4 Å². The van der Waals surface area contributed by atoms with Crippen LogP contribution in [0.3, 0.4) is 0 Å². The van der Waals surface area contributed by atoms with Gasteiger partial charge in [0.15, 0.2) is 11.9 Å². The highest BCUT2D eigenvalue weighted by Gasteiger charge is 2.28. The number of nitrogens with zero attached hydrogens (tertiary/aromatic N) is 4. The van der Waals surface area contributed by atoms with E-state index in [4.69, 9.17) is 4.74 Å². The molecular formula is C23H25N5O3. The van der Waals surface area contributed by atoms with Crippen molar-refractivity contribution >= 4 is 11.8 Å². The smallest absolute Gasteiger partial charge is 0.256 e. The third-order valence-electron chi connectivity index (χ3n) is 5.42. The molecule has 1 N–H and O–H groups in total. The second-order valence-electron chi connectivity index (χ2n) is 7.33. The molecule has 2 amide bonds. The SMILES string of the molecule is CO[C@H](C(=O)N1CCc2nnc(CNC(=O)c3ccccc3)n2CC1)c1ccccc1. The molecule has 3 aromatic rings. The molecule has 0 unspecified atom stereocenters. The van der Waals surface area contributed by atoms with Crippen LogP contribution < -0.4 is 5.32 Å². The number of fused-ring (bicyclic) bond motifs is 1. The van der Waals surface area contributed by atoms with Crippen LogP contribution >= 0.6 is 0 Å². The number of carbonyl (C=O) groups excluding carboxylic acids is 2. The van der Waals surface area contributed by atoms with E-state index in [-0.39, 0.29) is 18.4 Å². The van der Waals surface area contributed by atoms with Crippen LogP contribution in [0.15, 0.2) is 60.7 Å². The molecule has 0 radical (unpaired) electrons. The van der Waals surface area contributed by atoms with Gasteiger partial charge in [-0.05, 0) is 17.7 Å². The zero-order valence-electron chi connectivity index (χ0n) is 17.4. The minimum atomic E-state index is -0.630. The van der Waals surface area contributed by atoms with Gasteiger partial charge in [-0.15, -0.1) is 10.2 Å². The van der Waals surface area contributed by atoms with E-state index in [9.17, 15) is 9.59 Å². The van der Waals surface area contributed by atoms with Crippen molar-refractivity contribution in [2.45, 2.75) is 25.6 Å². The summed E-state index contributed by atoms with van der Waals surface area (Å²) in [5.74, 6) is 1.27. The number of ether oxygens (including phenoxy) is 1. The van der Waals surface area contributed by atoms with E-state index >= 15 is 0 Å². The molecule has 0 spiro atoms. The summed E-state index contributed by atoms with van der Waals surface area (Å²) in [6.45, 7) is 1.91. The zero-order chi connectivity index (χ0) is 21.6. The lowest BCUT2D eigenvalue weighted by Gasteiger charge is -2.25. The van der Waals surface area contributed by atoms with E-state index in [0.29, 0.717) is 37.4 Å². The van der Waals surface area contributed by atoms with Crippen molar-refractivity contribution in [3.63, 3.8) is 0 Å². The fourth-order valence-corrected chi connectivity index (χ4v) is 3.76. The average molecular weight is 419 g/mol. The average Bonchev–Trinajstić information content (AvgIpc) is 3.08. The highest BCUT2D eigenvalue weighted by atomic mass is 16.5. The molecule has 4 rings (SSSR count). The number of carbonyl (C=O) groups is 2. The van der Waals surface area contributed by atoms with Gasteiger partial charge in [-0.25, -0.2) is 0 Å². The summed E-state index contributed by atoms with van der Waals surface area (Å²) >= 11 is 0. The summed E-state index contributed by atoms with van der Waals surface area (Å²) in [6.07, 6.45) is -0.0364. The molecule has 31 heavy (non-hydrogen) atoms. The van der Waals surface area contributed by atoms with E-state index in [2.05, 4.69) is 15.5 Å². The predicted molar refractivity (Wildman–Crippen MR) is 114 cm³/mol. The Morgan fingerprint density at radius 3 is 2.42 bits per heavy atom. The maximum absolute atomic E-state index is 13.1. The Morgan fingerprint density at radius 2 is 1.71 bits per heavy atom. The van der Waals surface area contributed by atoms with Crippen molar-refractivity contribution in [2.24, 2.45) is 0 Å². The third kappa shape index (κ3) is 4.64. The van der Waals surface area contributed by atoms with Crippen LogP contribution in [0.4, 0.5) is 0 Å². The van der Waals surface area contributed by atoms with Crippen LogP contribution in [0.1, 0.15) is 33.7 Å². The molecule has 0 fully saturated rings. The Hall–Kier alpha value is -3.52. The lowest BCUT2D eigenvalue weighted by molar-refractivity contribution is -0.142. The Balaban J connectivity index is 1.41. The first-order chi connectivity index (χ1) is 15.2. The van der Waals surface area contributed by atoms with Crippen LogP contribution in [0.5, 0.6) is 0 Å². The molecule has 160 valence electrons. The number of methoxy groups -OCH3 is 1. The van der Waals surface area contributed by atoms with Gasteiger partial charge in [-0.3, -0.25) is 9.59 Å². The number of amides is 2. The molecule has 2 heterocycles. The summed E-state index contributed by atoms with van der Waals surface area (Å²) < 4.78 is 7.50. The summed E-state index contributed by atoms with van der Waals surface area (Å²) in [4.78, 5) is 27.2. The van der Waals surface area contributed by atoms with Gasteiger partial charge < -0.3 is 19.5 Å². The molecule has 0 saturated heterocycles. The summed E-state index contributed by atoms with van der Waals surface area (Å²) in [5.41, 5.74) is 1.43. The number of nitrogens with one attached hydrogen (secondary N) is 1. The van der Waals surface area contributed by atoms with E-state index in [1.54, 1.807) is 19.2 Å². The third-order valence-corrected chi connectivity index (χ3v) is 5.42. The highest BCUT2D eigenvalue weighted by molar-refractivity contribution is 5.94. The second kappa shape index (κ2) is 9.53. The quantitative estimate of drug-likeness (QED) is 0.660. The van der Waals surface area contributed by atoms with Crippen molar-refractivity contribution < 1.29 is 14.3 Å². The van der Waals surface area contributed by atoms with Crippen molar-refractivity contribution in [1.82, 2.24) is 25.0 Å². The fraction of sp³-hybridized carbons (Fsp3) is 0.304. The van der Waals surface area contributed by atoms with Gasteiger partial charge in [0.25, 0.3) is 11.8 Å². The van der Waals surface area contributed by atoms with Gasteiger partial charge in [0.1, 0.15) is 5.82 Å². The first-order valence-corrected chi connectivity index (χ1v) is 10.3. The van der Waals surface area contributed by atoms with E-state index < -0.39 is 6.10 Å². The van der Waals surface area contributed by atoms with Gasteiger partial charge in [0.2, 0.25) is 0 Å². The Morgan fingerprint density at radius 1 is 1.00 bits per heavy atom. The highest BCUT2D eigenvalue weighted by Crippen LogP contribution is 2.21. The molecule has 1 aliphatic rings. The number of rotatable bonds is 6. The molecule has 1 aliphatic heterocycles. The van der Waals surface area contributed by atoms with E-state index in [0.717, 1.165) is 11.4 Å². The van der Waals surface area contributed by atoms with Gasteiger partial charge in [0.05, 0.1) is 6.54 Å². The normalized spacial score (nSPS) is 14.4. The Kier molecular flexibility index (Phi) is 6.37.